The molecular formula is C14H17NO2S. The quantitative estimate of drug-likeness (QED) is 0.914. The van der Waals surface area contributed by atoms with E-state index in [0.717, 1.165) is 12.8 Å². The molecule has 1 aromatic heterocycles. The van der Waals surface area contributed by atoms with E-state index < -0.39 is 11.7 Å². The van der Waals surface area contributed by atoms with Gasteiger partial charge in [0, 0.05) is 4.70 Å². The summed E-state index contributed by atoms with van der Waals surface area (Å²) in [5.41, 5.74) is 5.79. The molecule has 0 fully saturated rings. The van der Waals surface area contributed by atoms with Gasteiger partial charge in [0.25, 0.3) is 0 Å². The lowest BCUT2D eigenvalue weighted by atomic mass is 9.98. The molecule has 96 valence electrons. The third kappa shape index (κ3) is 3.23. The van der Waals surface area contributed by atoms with Gasteiger partial charge >= 0.3 is 6.09 Å². The molecule has 1 aromatic carbocycles. The monoisotopic (exact) mass is 263 g/mol. The van der Waals surface area contributed by atoms with Crippen molar-refractivity contribution in [2.75, 3.05) is 0 Å². The number of benzene rings is 1. The SMILES string of the molecule is CC(C)(CCc1ccc2ccsc2c1)OC(N)=O. The second kappa shape index (κ2) is 4.98. The summed E-state index contributed by atoms with van der Waals surface area (Å²) in [7, 11) is 0. The van der Waals surface area contributed by atoms with Gasteiger partial charge in [-0.25, -0.2) is 4.79 Å². The van der Waals surface area contributed by atoms with Crippen LogP contribution in [0, 0.1) is 0 Å². The molecule has 0 aliphatic heterocycles. The van der Waals surface area contributed by atoms with Gasteiger partial charge in [0.05, 0.1) is 0 Å². The molecule has 2 aromatic rings. The predicted octanol–water partition coefficient (Wildman–Crippen LogP) is 3.71. The van der Waals surface area contributed by atoms with Crippen LogP contribution in [0.25, 0.3) is 10.1 Å². The largest absolute Gasteiger partial charge is 0.444 e. The summed E-state index contributed by atoms with van der Waals surface area (Å²) < 4.78 is 6.37. The molecule has 1 amide bonds. The van der Waals surface area contributed by atoms with Crippen molar-refractivity contribution in [1.82, 2.24) is 0 Å². The summed E-state index contributed by atoms with van der Waals surface area (Å²) in [6, 6.07) is 8.56. The van der Waals surface area contributed by atoms with Gasteiger partial charge in [0.2, 0.25) is 0 Å². The number of hydrogen-bond donors (Lipinski definition) is 1. The highest BCUT2D eigenvalue weighted by Crippen LogP contribution is 2.24. The van der Waals surface area contributed by atoms with Gasteiger partial charge in [0.1, 0.15) is 5.60 Å². The van der Waals surface area contributed by atoms with Gasteiger partial charge in [0.15, 0.2) is 0 Å². The summed E-state index contributed by atoms with van der Waals surface area (Å²) in [4.78, 5) is 10.8. The summed E-state index contributed by atoms with van der Waals surface area (Å²) >= 11 is 1.74. The van der Waals surface area contributed by atoms with Crippen molar-refractivity contribution in [3.05, 3.63) is 35.2 Å². The molecule has 0 radical (unpaired) electrons. The van der Waals surface area contributed by atoms with Gasteiger partial charge in [-0.15, -0.1) is 11.3 Å². The minimum Gasteiger partial charge on any atom is -0.444 e. The first-order valence-corrected chi connectivity index (χ1v) is 6.79. The fourth-order valence-corrected chi connectivity index (χ4v) is 2.78. The van der Waals surface area contributed by atoms with Crippen LogP contribution < -0.4 is 5.73 Å². The fourth-order valence-electron chi connectivity index (χ4n) is 1.92. The number of rotatable bonds is 4. The van der Waals surface area contributed by atoms with E-state index in [9.17, 15) is 4.79 Å². The van der Waals surface area contributed by atoms with Gasteiger partial charge < -0.3 is 10.5 Å². The van der Waals surface area contributed by atoms with Crippen LogP contribution in [0.2, 0.25) is 0 Å². The van der Waals surface area contributed by atoms with Crippen LogP contribution in [0.4, 0.5) is 4.79 Å². The average molecular weight is 263 g/mol. The number of carbonyl (C=O) groups is 1. The van der Waals surface area contributed by atoms with E-state index in [1.807, 2.05) is 13.8 Å². The highest BCUT2D eigenvalue weighted by atomic mass is 32.1. The number of thiophene rings is 1. The fraction of sp³-hybridized carbons (Fsp3) is 0.357. The first-order chi connectivity index (χ1) is 8.46. The zero-order chi connectivity index (χ0) is 13.2. The Morgan fingerprint density at radius 2 is 2.17 bits per heavy atom. The van der Waals surface area contributed by atoms with Crippen LogP contribution in [-0.4, -0.2) is 11.7 Å². The van der Waals surface area contributed by atoms with Crippen LogP contribution in [0.15, 0.2) is 29.6 Å². The number of hydrogen-bond acceptors (Lipinski definition) is 3. The molecule has 1 heterocycles. The Bertz CT molecular complexity index is 560. The van der Waals surface area contributed by atoms with Crippen molar-refractivity contribution in [3.63, 3.8) is 0 Å². The van der Waals surface area contributed by atoms with E-state index in [1.165, 1.54) is 15.6 Å². The smallest absolute Gasteiger partial charge is 0.405 e. The summed E-state index contributed by atoms with van der Waals surface area (Å²) in [5, 5.41) is 3.37. The second-order valence-corrected chi connectivity index (χ2v) is 5.92. The summed E-state index contributed by atoms with van der Waals surface area (Å²) in [6.45, 7) is 3.75. The lowest BCUT2D eigenvalue weighted by Gasteiger charge is -2.23. The lowest BCUT2D eigenvalue weighted by molar-refractivity contribution is 0.0394. The number of fused-ring (bicyclic) bond motifs is 1. The number of amides is 1. The van der Waals surface area contributed by atoms with Gasteiger partial charge in [-0.05, 0) is 55.2 Å². The maximum Gasteiger partial charge on any atom is 0.405 e. The van der Waals surface area contributed by atoms with E-state index in [-0.39, 0.29) is 0 Å². The Morgan fingerprint density at radius 1 is 1.39 bits per heavy atom. The first-order valence-electron chi connectivity index (χ1n) is 5.91. The van der Waals surface area contributed by atoms with E-state index in [0.29, 0.717) is 0 Å². The van der Waals surface area contributed by atoms with Crippen molar-refractivity contribution in [1.29, 1.82) is 0 Å². The van der Waals surface area contributed by atoms with Crippen LogP contribution in [0.5, 0.6) is 0 Å². The molecule has 18 heavy (non-hydrogen) atoms. The Kier molecular flexibility index (Phi) is 3.57. The lowest BCUT2D eigenvalue weighted by Crippen LogP contribution is -2.31. The van der Waals surface area contributed by atoms with Crippen LogP contribution in [-0.2, 0) is 11.2 Å². The summed E-state index contributed by atoms with van der Waals surface area (Å²) in [5.74, 6) is 0. The standard InChI is InChI=1S/C14H17NO2S/c1-14(2,17-13(15)16)7-5-10-3-4-11-6-8-18-12(11)9-10/h3-4,6,8-9H,5,7H2,1-2H3,(H2,15,16). The molecule has 0 saturated carbocycles. The second-order valence-electron chi connectivity index (χ2n) is 4.97. The molecule has 4 heteroatoms. The van der Waals surface area contributed by atoms with Gasteiger partial charge in [-0.1, -0.05) is 12.1 Å². The minimum absolute atomic E-state index is 0.518. The molecule has 0 spiro atoms. The molecule has 0 atom stereocenters. The Balaban J connectivity index is 2.03. The molecular weight excluding hydrogens is 246 g/mol. The van der Waals surface area contributed by atoms with Crippen molar-refractivity contribution in [2.24, 2.45) is 5.73 Å². The number of nitrogens with two attached hydrogens (primary N) is 1. The van der Waals surface area contributed by atoms with Gasteiger partial charge in [-0.2, -0.15) is 0 Å². The first kappa shape index (κ1) is 12.9. The minimum atomic E-state index is -0.714. The number of ether oxygens (including phenoxy) is 1. The van der Waals surface area contributed by atoms with Crippen molar-refractivity contribution >= 4 is 27.5 Å². The third-order valence-corrected chi connectivity index (χ3v) is 3.79. The Hall–Kier alpha value is -1.55. The van der Waals surface area contributed by atoms with E-state index in [1.54, 1.807) is 11.3 Å². The zero-order valence-corrected chi connectivity index (χ0v) is 11.4. The topological polar surface area (TPSA) is 52.3 Å². The van der Waals surface area contributed by atoms with Crippen LogP contribution >= 0.6 is 11.3 Å². The maximum atomic E-state index is 10.8. The van der Waals surface area contributed by atoms with Crippen molar-refractivity contribution in [3.8, 4) is 0 Å². The molecule has 0 bridgehead atoms. The van der Waals surface area contributed by atoms with Crippen molar-refractivity contribution in [2.45, 2.75) is 32.3 Å². The van der Waals surface area contributed by atoms with Crippen LogP contribution in [0.3, 0.4) is 0 Å². The predicted molar refractivity (Wildman–Crippen MR) is 74.9 cm³/mol. The molecule has 3 nitrogen and oxygen atoms in total. The molecule has 2 rings (SSSR count). The molecule has 0 saturated heterocycles. The molecule has 0 aliphatic carbocycles. The highest BCUT2D eigenvalue weighted by molar-refractivity contribution is 7.17. The van der Waals surface area contributed by atoms with E-state index >= 15 is 0 Å². The number of aryl methyl sites for hydroxylation is 1. The maximum absolute atomic E-state index is 10.8. The molecule has 2 N–H and O–H groups in total. The van der Waals surface area contributed by atoms with Crippen molar-refractivity contribution < 1.29 is 9.53 Å². The van der Waals surface area contributed by atoms with Gasteiger partial charge in [-0.3, -0.25) is 0 Å². The summed E-state index contributed by atoms with van der Waals surface area (Å²) in [6.07, 6.45) is 0.912. The Labute approximate surface area is 111 Å². The average Bonchev–Trinajstić information content (AvgIpc) is 2.71. The Morgan fingerprint density at radius 3 is 2.89 bits per heavy atom. The third-order valence-electron chi connectivity index (χ3n) is 2.91. The molecule has 0 aliphatic rings. The highest BCUT2D eigenvalue weighted by Gasteiger charge is 2.21. The van der Waals surface area contributed by atoms with E-state index in [4.69, 9.17) is 10.5 Å². The van der Waals surface area contributed by atoms with E-state index in [2.05, 4.69) is 29.6 Å². The zero-order valence-electron chi connectivity index (χ0n) is 10.6. The number of carbonyl (C=O) groups excluding carboxylic acids is 1. The molecule has 0 unspecified atom stereocenters. The number of primary amides is 1. The normalized spacial score (nSPS) is 11.7. The van der Waals surface area contributed by atoms with Crippen LogP contribution in [0.1, 0.15) is 25.8 Å².